The summed E-state index contributed by atoms with van der Waals surface area (Å²) in [4.78, 5) is 36.6. The van der Waals surface area contributed by atoms with Gasteiger partial charge in [0.1, 0.15) is 12.6 Å². The Kier molecular flexibility index (Phi) is 7.27. The fourth-order valence-corrected chi connectivity index (χ4v) is 3.73. The van der Waals surface area contributed by atoms with Crippen molar-refractivity contribution in [1.82, 2.24) is 15.5 Å². The van der Waals surface area contributed by atoms with Gasteiger partial charge in [0.2, 0.25) is 0 Å². The summed E-state index contributed by atoms with van der Waals surface area (Å²) in [5.41, 5.74) is 3.99. The van der Waals surface area contributed by atoms with Crippen LogP contribution in [0.2, 0.25) is 0 Å². The summed E-state index contributed by atoms with van der Waals surface area (Å²) in [6, 6.07) is 13.8. The smallest absolute Gasteiger partial charge is 0.407 e. The van der Waals surface area contributed by atoms with Crippen molar-refractivity contribution >= 4 is 18.0 Å². The second-order valence-corrected chi connectivity index (χ2v) is 8.01. The Labute approximate surface area is 189 Å². The summed E-state index contributed by atoms with van der Waals surface area (Å²) in [6.45, 7) is -1.57. The number of fused-ring (bicyclic) bond motifs is 3. The predicted octanol–water partition coefficient (Wildman–Crippen LogP) is 2.29. The highest BCUT2D eigenvalue weighted by molar-refractivity contribution is 5.88. The van der Waals surface area contributed by atoms with E-state index in [1.807, 2.05) is 53.8 Å². The lowest BCUT2D eigenvalue weighted by molar-refractivity contribution is -0.150. The summed E-state index contributed by atoms with van der Waals surface area (Å²) in [6.07, 6.45) is -1.10. The minimum Gasteiger partial charge on any atom is -0.480 e. The number of rotatable bonds is 9. The number of benzene rings is 2. The summed E-state index contributed by atoms with van der Waals surface area (Å²) >= 11 is 0. The Morgan fingerprint density at radius 2 is 1.61 bits per heavy atom. The number of carboxylic acid groups (broad SMARTS) is 1. The second-order valence-electron chi connectivity index (χ2n) is 8.01. The molecule has 3 rings (SSSR count). The van der Waals surface area contributed by atoms with Crippen LogP contribution in [0.25, 0.3) is 11.1 Å². The lowest BCUT2D eigenvalue weighted by Gasteiger charge is -2.22. The quantitative estimate of drug-likeness (QED) is 0.529. The highest BCUT2D eigenvalue weighted by Crippen LogP contribution is 2.44. The topological polar surface area (TPSA) is 108 Å². The first-order chi connectivity index (χ1) is 15.6. The van der Waals surface area contributed by atoms with Crippen molar-refractivity contribution in [1.29, 1.82) is 0 Å². The zero-order valence-corrected chi connectivity index (χ0v) is 18.2. The van der Waals surface area contributed by atoms with Crippen LogP contribution in [-0.2, 0) is 14.3 Å². The van der Waals surface area contributed by atoms with E-state index in [0.29, 0.717) is 0 Å². The minimum atomic E-state index is -4.02. The molecule has 1 aliphatic rings. The van der Waals surface area contributed by atoms with E-state index in [-0.39, 0.29) is 19.1 Å². The zero-order valence-electron chi connectivity index (χ0n) is 18.2. The van der Waals surface area contributed by atoms with Crippen LogP contribution in [0.15, 0.2) is 48.5 Å². The number of halogens is 2. The first kappa shape index (κ1) is 24.1. The number of nitrogens with zero attached hydrogens (tertiary/aromatic N) is 1. The Morgan fingerprint density at radius 3 is 2.12 bits per heavy atom. The molecule has 0 spiro atoms. The minimum absolute atomic E-state index is 0.0679. The number of carbonyl (C=O) groups excluding carboxylic acids is 2. The first-order valence-corrected chi connectivity index (χ1v) is 10.3. The average Bonchev–Trinajstić information content (AvgIpc) is 3.09. The molecule has 176 valence electrons. The van der Waals surface area contributed by atoms with Gasteiger partial charge in [0.05, 0.1) is 6.54 Å². The summed E-state index contributed by atoms with van der Waals surface area (Å²) in [5, 5.41) is 12.8. The Hall–Kier alpha value is -3.53. The summed E-state index contributed by atoms with van der Waals surface area (Å²) in [7, 11) is 3.08. The number of carbonyl (C=O) groups is 3. The zero-order chi connectivity index (χ0) is 24.2. The van der Waals surface area contributed by atoms with Gasteiger partial charge in [-0.05, 0) is 36.3 Å². The number of amides is 2. The summed E-state index contributed by atoms with van der Waals surface area (Å²) < 4.78 is 33.5. The molecule has 0 radical (unpaired) electrons. The van der Waals surface area contributed by atoms with Gasteiger partial charge in [-0.25, -0.2) is 9.59 Å². The number of hydrogen-bond donors (Lipinski definition) is 3. The second kappa shape index (κ2) is 9.95. The molecule has 0 bridgehead atoms. The van der Waals surface area contributed by atoms with Gasteiger partial charge in [0.15, 0.2) is 0 Å². The normalized spacial score (nSPS) is 13.7. The first-order valence-electron chi connectivity index (χ1n) is 10.3. The van der Waals surface area contributed by atoms with Gasteiger partial charge in [0, 0.05) is 12.5 Å². The van der Waals surface area contributed by atoms with Crippen LogP contribution < -0.4 is 10.6 Å². The van der Waals surface area contributed by atoms with E-state index in [1.165, 1.54) is 4.90 Å². The van der Waals surface area contributed by atoms with E-state index >= 15 is 0 Å². The van der Waals surface area contributed by atoms with Crippen molar-refractivity contribution < 1.29 is 33.0 Å². The molecular formula is C23H25F2N3O5. The van der Waals surface area contributed by atoms with Crippen LogP contribution in [0.3, 0.4) is 0 Å². The van der Waals surface area contributed by atoms with Crippen LogP contribution in [-0.4, -0.2) is 73.7 Å². The molecule has 0 saturated heterocycles. The Balaban J connectivity index is 1.56. The Morgan fingerprint density at radius 1 is 1.06 bits per heavy atom. The number of aliphatic carboxylic acids is 1. The molecule has 0 aromatic heterocycles. The van der Waals surface area contributed by atoms with Crippen molar-refractivity contribution in [3.63, 3.8) is 0 Å². The van der Waals surface area contributed by atoms with E-state index in [9.17, 15) is 23.2 Å². The van der Waals surface area contributed by atoms with Crippen molar-refractivity contribution in [3.8, 4) is 11.1 Å². The van der Waals surface area contributed by atoms with Crippen LogP contribution >= 0.6 is 0 Å². The average molecular weight is 461 g/mol. The van der Waals surface area contributed by atoms with Crippen LogP contribution in [0, 0.1) is 0 Å². The van der Waals surface area contributed by atoms with E-state index in [4.69, 9.17) is 9.84 Å². The van der Waals surface area contributed by atoms with Crippen molar-refractivity contribution in [2.75, 3.05) is 33.8 Å². The van der Waals surface area contributed by atoms with E-state index < -0.39 is 36.5 Å². The molecule has 1 unspecified atom stereocenters. The lowest BCUT2D eigenvalue weighted by atomic mass is 9.98. The molecule has 2 aromatic carbocycles. The molecule has 0 aliphatic heterocycles. The van der Waals surface area contributed by atoms with E-state index in [1.54, 1.807) is 19.4 Å². The highest BCUT2D eigenvalue weighted by Gasteiger charge is 2.41. The van der Waals surface area contributed by atoms with E-state index in [0.717, 1.165) is 22.3 Å². The standard InChI is InChI=1S/C23H25F2N3O5/c1-28(2)11-19(20(29)30)27-21(31)23(24,25)13-26-22(32)33-12-18-16-9-5-3-7-14(16)15-8-4-6-10-17(15)18/h3-10,18-19H,11-13H2,1-2H3,(H,26,32)(H,27,31)(H,29,30). The van der Waals surface area contributed by atoms with Gasteiger partial charge < -0.3 is 25.4 Å². The van der Waals surface area contributed by atoms with Crippen LogP contribution in [0.1, 0.15) is 17.0 Å². The van der Waals surface area contributed by atoms with Gasteiger partial charge in [-0.3, -0.25) is 4.79 Å². The number of carboxylic acids is 1. The molecule has 0 fully saturated rings. The fourth-order valence-electron chi connectivity index (χ4n) is 3.73. The molecule has 3 N–H and O–H groups in total. The fraction of sp³-hybridized carbons (Fsp3) is 0.348. The van der Waals surface area contributed by atoms with Crippen LogP contribution in [0.4, 0.5) is 13.6 Å². The maximum Gasteiger partial charge on any atom is 0.407 e. The van der Waals surface area contributed by atoms with Gasteiger partial charge in [-0.2, -0.15) is 8.78 Å². The van der Waals surface area contributed by atoms with E-state index in [2.05, 4.69) is 0 Å². The monoisotopic (exact) mass is 461 g/mol. The number of likely N-dealkylation sites (N-methyl/N-ethyl adjacent to an activating group) is 1. The van der Waals surface area contributed by atoms with Gasteiger partial charge >= 0.3 is 18.0 Å². The number of alkyl halides is 2. The third kappa shape index (κ3) is 5.64. The molecular weight excluding hydrogens is 436 g/mol. The molecule has 10 heteroatoms. The number of hydrogen-bond acceptors (Lipinski definition) is 5. The summed E-state index contributed by atoms with van der Waals surface area (Å²) in [5.74, 6) is -7.51. The van der Waals surface area contributed by atoms with Crippen molar-refractivity contribution in [3.05, 3.63) is 59.7 Å². The molecule has 1 aliphatic carbocycles. The molecule has 33 heavy (non-hydrogen) atoms. The van der Waals surface area contributed by atoms with Gasteiger partial charge in [-0.15, -0.1) is 0 Å². The lowest BCUT2D eigenvalue weighted by Crippen LogP contribution is -2.55. The van der Waals surface area contributed by atoms with Crippen molar-refractivity contribution in [2.24, 2.45) is 0 Å². The third-order valence-corrected chi connectivity index (χ3v) is 5.28. The SMILES string of the molecule is CN(C)CC(NC(=O)C(F)(F)CNC(=O)OCC1c2ccccc2-c2ccccc21)C(=O)O. The molecule has 8 nitrogen and oxygen atoms in total. The maximum atomic E-state index is 14.2. The third-order valence-electron chi connectivity index (χ3n) is 5.28. The largest absolute Gasteiger partial charge is 0.480 e. The van der Waals surface area contributed by atoms with Crippen LogP contribution in [0.5, 0.6) is 0 Å². The Bertz CT molecular complexity index is 999. The molecule has 0 saturated carbocycles. The molecule has 0 heterocycles. The number of ether oxygens (including phenoxy) is 1. The number of nitrogens with one attached hydrogen (secondary N) is 2. The van der Waals surface area contributed by atoms with Gasteiger partial charge in [-0.1, -0.05) is 48.5 Å². The highest BCUT2D eigenvalue weighted by atomic mass is 19.3. The maximum absolute atomic E-state index is 14.2. The molecule has 1 atom stereocenters. The molecule has 2 aromatic rings. The predicted molar refractivity (Wildman–Crippen MR) is 116 cm³/mol. The van der Waals surface area contributed by atoms with Crippen molar-refractivity contribution in [2.45, 2.75) is 17.9 Å². The molecule has 2 amide bonds. The number of alkyl carbamates (subject to hydrolysis) is 1. The van der Waals surface area contributed by atoms with Gasteiger partial charge in [0.25, 0.3) is 5.91 Å².